The summed E-state index contributed by atoms with van der Waals surface area (Å²) in [5.74, 6) is 6.72. The first-order valence-electron chi connectivity index (χ1n) is 7.29. The fourth-order valence-electron chi connectivity index (χ4n) is 1.86. The fourth-order valence-corrected chi connectivity index (χ4v) is 1.86. The standard InChI is InChI=1S/C17H22N2O3/c18-19-9-10-21-16-7-4-8-17(13-16)22-12-11-20-14-15-5-2-1-3-6-15/h1-8,13,19H,9-12,14,18H2. The lowest BCUT2D eigenvalue weighted by Crippen LogP contribution is -2.27. The predicted molar refractivity (Wildman–Crippen MR) is 85.7 cm³/mol. The summed E-state index contributed by atoms with van der Waals surface area (Å²) < 4.78 is 16.7. The third-order valence-electron chi connectivity index (χ3n) is 2.93. The number of ether oxygens (including phenoxy) is 3. The van der Waals surface area contributed by atoms with E-state index in [1.54, 1.807) is 0 Å². The van der Waals surface area contributed by atoms with Gasteiger partial charge >= 0.3 is 0 Å². The minimum atomic E-state index is 0.501. The topological polar surface area (TPSA) is 65.7 Å². The summed E-state index contributed by atoms with van der Waals surface area (Å²) in [6.45, 7) is 2.75. The van der Waals surface area contributed by atoms with E-state index < -0.39 is 0 Å². The normalized spacial score (nSPS) is 10.4. The third kappa shape index (κ3) is 6.13. The Morgan fingerprint density at radius 3 is 2.27 bits per heavy atom. The largest absolute Gasteiger partial charge is 0.492 e. The number of hydrogen-bond donors (Lipinski definition) is 2. The van der Waals surface area contributed by atoms with Gasteiger partial charge in [-0.25, -0.2) is 0 Å². The van der Waals surface area contributed by atoms with Crippen LogP contribution in [0.25, 0.3) is 0 Å². The summed E-state index contributed by atoms with van der Waals surface area (Å²) in [6.07, 6.45) is 0. The molecule has 0 unspecified atom stereocenters. The highest BCUT2D eigenvalue weighted by Crippen LogP contribution is 2.19. The molecule has 0 saturated carbocycles. The summed E-state index contributed by atoms with van der Waals surface area (Å²) in [7, 11) is 0. The molecule has 0 aliphatic carbocycles. The van der Waals surface area contributed by atoms with Crippen LogP contribution in [0.5, 0.6) is 11.5 Å². The Labute approximate surface area is 131 Å². The summed E-state index contributed by atoms with van der Waals surface area (Å²) in [5.41, 5.74) is 3.70. The molecule has 3 N–H and O–H groups in total. The van der Waals surface area contributed by atoms with Gasteiger partial charge in [-0.1, -0.05) is 36.4 Å². The lowest BCUT2D eigenvalue weighted by molar-refractivity contribution is 0.0888. The summed E-state index contributed by atoms with van der Waals surface area (Å²) in [5, 5.41) is 0. The van der Waals surface area contributed by atoms with Crippen LogP contribution in [0.15, 0.2) is 54.6 Å². The lowest BCUT2D eigenvalue weighted by Gasteiger charge is -2.10. The van der Waals surface area contributed by atoms with Gasteiger partial charge in [0.25, 0.3) is 0 Å². The van der Waals surface area contributed by atoms with E-state index in [0.717, 1.165) is 17.1 Å². The highest BCUT2D eigenvalue weighted by Gasteiger charge is 1.98. The third-order valence-corrected chi connectivity index (χ3v) is 2.93. The van der Waals surface area contributed by atoms with Gasteiger partial charge in [-0.15, -0.1) is 0 Å². The monoisotopic (exact) mass is 302 g/mol. The Morgan fingerprint density at radius 1 is 0.818 bits per heavy atom. The molecule has 0 aliphatic rings. The molecule has 0 aliphatic heterocycles. The van der Waals surface area contributed by atoms with Gasteiger partial charge in [0.1, 0.15) is 24.7 Å². The van der Waals surface area contributed by atoms with Crippen LogP contribution >= 0.6 is 0 Å². The van der Waals surface area contributed by atoms with E-state index in [4.69, 9.17) is 20.1 Å². The van der Waals surface area contributed by atoms with Gasteiger partial charge in [0.2, 0.25) is 0 Å². The van der Waals surface area contributed by atoms with Crippen LogP contribution in [0.3, 0.4) is 0 Å². The SMILES string of the molecule is NNCCOc1cccc(OCCOCc2ccccc2)c1. The minimum Gasteiger partial charge on any atom is -0.492 e. The van der Waals surface area contributed by atoms with Crippen molar-refractivity contribution in [2.24, 2.45) is 5.84 Å². The quantitative estimate of drug-likeness (QED) is 0.400. The van der Waals surface area contributed by atoms with Crippen LogP contribution in [0.1, 0.15) is 5.56 Å². The predicted octanol–water partition coefficient (Wildman–Crippen LogP) is 2.12. The zero-order valence-corrected chi connectivity index (χ0v) is 12.5. The average molecular weight is 302 g/mol. The molecule has 0 aromatic heterocycles. The van der Waals surface area contributed by atoms with Crippen LogP contribution in [0, 0.1) is 0 Å². The average Bonchev–Trinajstić information content (AvgIpc) is 2.56. The second-order valence-corrected chi connectivity index (χ2v) is 4.66. The Kier molecular flexibility index (Phi) is 7.25. The van der Waals surface area contributed by atoms with Crippen molar-refractivity contribution < 1.29 is 14.2 Å². The molecule has 2 rings (SSSR count). The number of benzene rings is 2. The maximum absolute atomic E-state index is 5.65. The lowest BCUT2D eigenvalue weighted by atomic mass is 10.2. The van der Waals surface area contributed by atoms with Crippen LogP contribution in [-0.2, 0) is 11.3 Å². The molecule has 0 fully saturated rings. The van der Waals surface area contributed by atoms with Crippen molar-refractivity contribution in [3.8, 4) is 11.5 Å². The molecule has 22 heavy (non-hydrogen) atoms. The van der Waals surface area contributed by atoms with E-state index in [1.165, 1.54) is 0 Å². The van der Waals surface area contributed by atoms with E-state index in [2.05, 4.69) is 5.43 Å². The number of rotatable bonds is 10. The van der Waals surface area contributed by atoms with Crippen molar-refractivity contribution in [3.05, 3.63) is 60.2 Å². The summed E-state index contributed by atoms with van der Waals surface area (Å²) in [6, 6.07) is 17.6. The van der Waals surface area contributed by atoms with E-state index in [-0.39, 0.29) is 0 Å². The second-order valence-electron chi connectivity index (χ2n) is 4.66. The fraction of sp³-hybridized carbons (Fsp3) is 0.294. The minimum absolute atomic E-state index is 0.501. The van der Waals surface area contributed by atoms with Crippen molar-refractivity contribution in [1.29, 1.82) is 0 Å². The molecule has 0 radical (unpaired) electrons. The van der Waals surface area contributed by atoms with Crippen LogP contribution in [0.4, 0.5) is 0 Å². The van der Waals surface area contributed by atoms with Crippen molar-refractivity contribution in [3.63, 3.8) is 0 Å². The van der Waals surface area contributed by atoms with Crippen molar-refractivity contribution in [2.75, 3.05) is 26.4 Å². The zero-order chi connectivity index (χ0) is 15.5. The molecule has 118 valence electrons. The molecular formula is C17H22N2O3. The first-order chi connectivity index (χ1) is 10.9. The number of hydrazine groups is 1. The molecule has 5 heteroatoms. The van der Waals surface area contributed by atoms with Crippen LogP contribution in [0.2, 0.25) is 0 Å². The van der Waals surface area contributed by atoms with Crippen LogP contribution < -0.4 is 20.7 Å². The van der Waals surface area contributed by atoms with Gasteiger partial charge in [-0.3, -0.25) is 11.3 Å². The van der Waals surface area contributed by atoms with Crippen molar-refractivity contribution >= 4 is 0 Å². The molecule has 0 saturated heterocycles. The van der Waals surface area contributed by atoms with Gasteiger partial charge in [0.15, 0.2) is 0 Å². The second kappa shape index (κ2) is 9.78. The Balaban J connectivity index is 1.65. The Bertz CT molecular complexity index is 534. The maximum Gasteiger partial charge on any atom is 0.123 e. The maximum atomic E-state index is 5.65. The Hall–Kier alpha value is -2.08. The molecule has 5 nitrogen and oxygen atoms in total. The first kappa shape index (κ1) is 16.3. The molecule has 0 heterocycles. The van der Waals surface area contributed by atoms with Gasteiger partial charge in [0, 0.05) is 12.6 Å². The molecule has 0 spiro atoms. The van der Waals surface area contributed by atoms with E-state index in [0.29, 0.717) is 33.0 Å². The highest BCUT2D eigenvalue weighted by atomic mass is 16.5. The molecule has 0 bridgehead atoms. The van der Waals surface area contributed by atoms with Crippen molar-refractivity contribution in [2.45, 2.75) is 6.61 Å². The summed E-state index contributed by atoms with van der Waals surface area (Å²) >= 11 is 0. The zero-order valence-electron chi connectivity index (χ0n) is 12.5. The number of nitrogens with one attached hydrogen (secondary N) is 1. The summed E-state index contributed by atoms with van der Waals surface area (Å²) in [4.78, 5) is 0. The smallest absolute Gasteiger partial charge is 0.123 e. The van der Waals surface area contributed by atoms with Gasteiger partial charge in [-0.2, -0.15) is 0 Å². The molecule has 0 amide bonds. The molecule has 0 atom stereocenters. The first-order valence-corrected chi connectivity index (χ1v) is 7.29. The molecule has 2 aromatic carbocycles. The van der Waals surface area contributed by atoms with Crippen molar-refractivity contribution in [1.82, 2.24) is 5.43 Å². The highest BCUT2D eigenvalue weighted by molar-refractivity contribution is 5.32. The Morgan fingerprint density at radius 2 is 1.55 bits per heavy atom. The number of nitrogens with two attached hydrogens (primary N) is 1. The van der Waals surface area contributed by atoms with E-state index in [9.17, 15) is 0 Å². The molecule has 2 aromatic rings. The van der Waals surface area contributed by atoms with Gasteiger partial charge in [0.05, 0.1) is 13.2 Å². The van der Waals surface area contributed by atoms with Gasteiger partial charge < -0.3 is 14.2 Å². The molecular weight excluding hydrogens is 280 g/mol. The van der Waals surface area contributed by atoms with E-state index in [1.807, 2.05) is 54.6 Å². The number of hydrogen-bond acceptors (Lipinski definition) is 5. The van der Waals surface area contributed by atoms with E-state index >= 15 is 0 Å². The van der Waals surface area contributed by atoms with Crippen LogP contribution in [-0.4, -0.2) is 26.4 Å². The van der Waals surface area contributed by atoms with Gasteiger partial charge in [-0.05, 0) is 17.7 Å².